The van der Waals surface area contributed by atoms with Crippen molar-refractivity contribution < 1.29 is 10.2 Å². The van der Waals surface area contributed by atoms with Crippen LogP contribution in [0.5, 0.6) is 0 Å². The molecule has 2 rings (SSSR count). The van der Waals surface area contributed by atoms with E-state index < -0.39 is 5.91 Å². The smallest absolute Gasteiger partial charge is 0.229 e. The molecule has 3 N–H and O–H groups in total. The molecular weight excluding hydrogens is 228 g/mol. The number of nitrogens with zero attached hydrogens (tertiary/aromatic N) is 1. The van der Waals surface area contributed by atoms with Gasteiger partial charge in [0.15, 0.2) is 0 Å². The lowest BCUT2D eigenvalue weighted by atomic mass is 10.1. The maximum atomic E-state index is 10.2. The van der Waals surface area contributed by atoms with Crippen LogP contribution in [0, 0.1) is 0 Å². The Morgan fingerprint density at radius 1 is 1.17 bits per heavy atom. The van der Waals surface area contributed by atoms with E-state index in [9.17, 15) is 10.2 Å². The fraction of sp³-hybridized carbons (Fsp3) is 0.429. The quantitative estimate of drug-likeness (QED) is 0.706. The van der Waals surface area contributed by atoms with Crippen molar-refractivity contribution in [1.29, 1.82) is 0 Å². The molecule has 18 heavy (non-hydrogen) atoms. The predicted octanol–water partition coefficient (Wildman–Crippen LogP) is 1.69. The number of fused-ring (bicyclic) bond motifs is 1. The summed E-state index contributed by atoms with van der Waals surface area (Å²) in [4.78, 5) is 4.78. The summed E-state index contributed by atoms with van der Waals surface area (Å²) in [6.45, 7) is 5.04. The van der Waals surface area contributed by atoms with Crippen molar-refractivity contribution >= 4 is 10.9 Å². The topological polar surface area (TPSA) is 59.5 Å². The summed E-state index contributed by atoms with van der Waals surface area (Å²) in [6, 6.07) is 7.87. The molecule has 98 valence electrons. The number of aromatic amines is 1. The zero-order chi connectivity index (χ0) is 13.2. The lowest BCUT2D eigenvalue weighted by Gasteiger charge is -2.33. The van der Waals surface area contributed by atoms with E-state index in [1.165, 1.54) is 0 Å². The monoisotopic (exact) mass is 248 g/mol. The van der Waals surface area contributed by atoms with Crippen molar-refractivity contribution in [2.45, 2.75) is 26.2 Å². The third-order valence-electron chi connectivity index (χ3n) is 3.37. The molecule has 0 radical (unpaired) electrons. The van der Waals surface area contributed by atoms with Crippen LogP contribution >= 0.6 is 0 Å². The standard InChI is InChI=1S/C14H20N2O2/c1-3-16(4-2)14(17,18)9-11-10-15-13-8-6-5-7-12(11)13/h5-8,10,15,17-18H,3-4,9H2,1-2H3. The van der Waals surface area contributed by atoms with Gasteiger partial charge in [-0.3, -0.25) is 4.90 Å². The molecule has 0 aliphatic rings. The molecule has 0 aliphatic carbocycles. The second kappa shape index (κ2) is 5.10. The highest BCUT2D eigenvalue weighted by atomic mass is 16.5. The second-order valence-corrected chi connectivity index (χ2v) is 4.48. The van der Waals surface area contributed by atoms with Crippen molar-refractivity contribution in [2.24, 2.45) is 0 Å². The van der Waals surface area contributed by atoms with E-state index in [1.54, 1.807) is 4.90 Å². The molecule has 0 bridgehead atoms. The minimum Gasteiger partial charge on any atom is -0.361 e. The van der Waals surface area contributed by atoms with Crippen molar-refractivity contribution in [3.05, 3.63) is 36.0 Å². The molecule has 1 aromatic carbocycles. The average Bonchev–Trinajstić information content (AvgIpc) is 2.73. The van der Waals surface area contributed by atoms with Crippen molar-refractivity contribution in [3.8, 4) is 0 Å². The molecule has 0 aliphatic heterocycles. The Hall–Kier alpha value is -1.36. The molecule has 4 nitrogen and oxygen atoms in total. The Labute approximate surface area is 107 Å². The lowest BCUT2D eigenvalue weighted by molar-refractivity contribution is -0.260. The first-order chi connectivity index (χ1) is 8.58. The van der Waals surface area contributed by atoms with Crippen molar-refractivity contribution in [1.82, 2.24) is 9.88 Å². The van der Waals surface area contributed by atoms with Crippen LogP contribution in [0.25, 0.3) is 10.9 Å². The average molecular weight is 248 g/mol. The first-order valence-corrected chi connectivity index (χ1v) is 6.33. The summed E-state index contributed by atoms with van der Waals surface area (Å²) in [6.07, 6.45) is 2.04. The van der Waals surface area contributed by atoms with Crippen molar-refractivity contribution in [2.75, 3.05) is 13.1 Å². The molecule has 0 spiro atoms. The molecule has 0 amide bonds. The fourth-order valence-corrected chi connectivity index (χ4v) is 2.38. The van der Waals surface area contributed by atoms with Crippen LogP contribution in [-0.4, -0.2) is 39.1 Å². The summed E-state index contributed by atoms with van der Waals surface area (Å²) < 4.78 is 0. The number of likely N-dealkylation sites (N-methyl/N-ethyl adjacent to an activating group) is 1. The van der Waals surface area contributed by atoms with Crippen LogP contribution in [0.15, 0.2) is 30.5 Å². The van der Waals surface area contributed by atoms with Gasteiger partial charge in [0.25, 0.3) is 0 Å². The summed E-state index contributed by atoms with van der Waals surface area (Å²) in [5, 5.41) is 21.4. The molecule has 0 saturated heterocycles. The van der Waals surface area contributed by atoms with E-state index in [0.29, 0.717) is 13.1 Å². The molecule has 1 heterocycles. The molecule has 4 heteroatoms. The van der Waals surface area contributed by atoms with Crippen molar-refractivity contribution in [3.63, 3.8) is 0 Å². The molecule has 0 atom stereocenters. The summed E-state index contributed by atoms with van der Waals surface area (Å²) in [5.41, 5.74) is 1.94. The first-order valence-electron chi connectivity index (χ1n) is 6.33. The van der Waals surface area contributed by atoms with Crippen LogP contribution in [0.3, 0.4) is 0 Å². The minimum atomic E-state index is -1.80. The number of hydrogen-bond donors (Lipinski definition) is 3. The van der Waals surface area contributed by atoms with Gasteiger partial charge in [-0.15, -0.1) is 0 Å². The maximum Gasteiger partial charge on any atom is 0.229 e. The van der Waals surface area contributed by atoms with Gasteiger partial charge >= 0.3 is 0 Å². The van der Waals surface area contributed by atoms with E-state index in [-0.39, 0.29) is 6.42 Å². The second-order valence-electron chi connectivity index (χ2n) is 4.48. The van der Waals surface area contributed by atoms with Gasteiger partial charge in [-0.05, 0) is 11.6 Å². The molecule has 0 unspecified atom stereocenters. The highest BCUT2D eigenvalue weighted by Gasteiger charge is 2.30. The van der Waals surface area contributed by atoms with Gasteiger partial charge in [0.05, 0.1) is 0 Å². The van der Waals surface area contributed by atoms with Gasteiger partial charge < -0.3 is 15.2 Å². The predicted molar refractivity (Wildman–Crippen MR) is 72.1 cm³/mol. The molecular formula is C14H20N2O2. The highest BCUT2D eigenvalue weighted by Crippen LogP contribution is 2.23. The van der Waals surface area contributed by atoms with Gasteiger partial charge in [0.1, 0.15) is 0 Å². The number of hydrogen-bond acceptors (Lipinski definition) is 3. The normalized spacial score (nSPS) is 12.5. The highest BCUT2D eigenvalue weighted by molar-refractivity contribution is 5.83. The van der Waals surface area contributed by atoms with E-state index in [4.69, 9.17) is 0 Å². The van der Waals surface area contributed by atoms with Crippen LogP contribution in [0.4, 0.5) is 0 Å². The third-order valence-corrected chi connectivity index (χ3v) is 3.37. The van der Waals surface area contributed by atoms with Crippen LogP contribution in [0.1, 0.15) is 19.4 Å². The Balaban J connectivity index is 2.28. The van der Waals surface area contributed by atoms with E-state index >= 15 is 0 Å². The van der Waals surface area contributed by atoms with Gasteiger partial charge in [0.2, 0.25) is 5.91 Å². The molecule has 0 fully saturated rings. The van der Waals surface area contributed by atoms with Gasteiger partial charge in [-0.25, -0.2) is 0 Å². The Kier molecular flexibility index (Phi) is 3.71. The Morgan fingerprint density at radius 2 is 1.83 bits per heavy atom. The number of para-hydroxylation sites is 1. The van der Waals surface area contributed by atoms with Crippen LogP contribution in [0.2, 0.25) is 0 Å². The fourth-order valence-electron chi connectivity index (χ4n) is 2.38. The number of rotatable bonds is 5. The maximum absolute atomic E-state index is 10.2. The number of aliphatic hydroxyl groups is 2. The number of benzene rings is 1. The number of H-pyrrole nitrogens is 1. The molecule has 0 saturated carbocycles. The lowest BCUT2D eigenvalue weighted by Crippen LogP contribution is -2.50. The van der Waals surface area contributed by atoms with Crippen LogP contribution in [-0.2, 0) is 6.42 Å². The Morgan fingerprint density at radius 3 is 2.50 bits per heavy atom. The SMILES string of the molecule is CCN(CC)C(O)(O)Cc1c[nH]c2ccccc12. The van der Waals surface area contributed by atoms with Crippen LogP contribution < -0.4 is 0 Å². The number of nitrogens with one attached hydrogen (secondary N) is 1. The van der Waals surface area contributed by atoms with E-state index in [0.717, 1.165) is 16.5 Å². The zero-order valence-electron chi connectivity index (χ0n) is 10.8. The largest absolute Gasteiger partial charge is 0.361 e. The zero-order valence-corrected chi connectivity index (χ0v) is 10.8. The summed E-state index contributed by atoms with van der Waals surface area (Å²) in [5.74, 6) is -1.80. The Bertz CT molecular complexity index is 515. The summed E-state index contributed by atoms with van der Waals surface area (Å²) in [7, 11) is 0. The number of aromatic nitrogens is 1. The molecule has 1 aromatic heterocycles. The minimum absolute atomic E-state index is 0.193. The van der Waals surface area contributed by atoms with Gasteiger partial charge in [-0.1, -0.05) is 32.0 Å². The van der Waals surface area contributed by atoms with E-state index in [1.807, 2.05) is 44.3 Å². The van der Waals surface area contributed by atoms with E-state index in [2.05, 4.69) is 4.98 Å². The summed E-state index contributed by atoms with van der Waals surface area (Å²) >= 11 is 0. The van der Waals surface area contributed by atoms with Gasteiger partial charge in [0, 0.05) is 36.6 Å². The third kappa shape index (κ3) is 2.41. The molecule has 2 aromatic rings. The first kappa shape index (κ1) is 13.1. The van der Waals surface area contributed by atoms with Gasteiger partial charge in [-0.2, -0.15) is 0 Å².